The van der Waals surface area contributed by atoms with Gasteiger partial charge >= 0.3 is 0 Å². The van der Waals surface area contributed by atoms with E-state index in [9.17, 15) is 5.11 Å². The van der Waals surface area contributed by atoms with E-state index >= 15 is 0 Å². The van der Waals surface area contributed by atoms with Gasteiger partial charge in [0.15, 0.2) is 0 Å². The molecule has 0 aliphatic heterocycles. The van der Waals surface area contributed by atoms with Crippen molar-refractivity contribution in [2.45, 2.75) is 77.9 Å². The molecular formula is C19H30N2O. The highest BCUT2D eigenvalue weighted by molar-refractivity contribution is 5.75. The first-order valence-electron chi connectivity index (χ1n) is 8.91. The maximum Gasteiger partial charge on any atom is 0.135 e. The van der Waals surface area contributed by atoms with Crippen LogP contribution in [0.15, 0.2) is 24.3 Å². The Bertz CT molecular complexity index is 547. The molecule has 0 spiro atoms. The Morgan fingerprint density at radius 1 is 0.909 bits per heavy atom. The highest BCUT2D eigenvalue weighted by Crippen LogP contribution is 2.18. The normalized spacial score (nSPS) is 11.4. The lowest BCUT2D eigenvalue weighted by Gasteiger charge is -2.08. The minimum absolute atomic E-state index is 0.0199. The summed E-state index contributed by atoms with van der Waals surface area (Å²) in [4.78, 5) is 4.50. The highest BCUT2D eigenvalue weighted by atomic mass is 16.3. The van der Waals surface area contributed by atoms with E-state index in [0.29, 0.717) is 0 Å². The average molecular weight is 302 g/mol. The minimum Gasteiger partial charge on any atom is -0.388 e. The minimum atomic E-state index is 0.0199. The monoisotopic (exact) mass is 302 g/mol. The lowest BCUT2D eigenvalue weighted by molar-refractivity contribution is 0.265. The quantitative estimate of drug-likeness (QED) is 0.589. The lowest BCUT2D eigenvalue weighted by atomic mass is 10.1. The molecule has 0 aliphatic rings. The second-order valence-corrected chi connectivity index (χ2v) is 6.15. The predicted molar refractivity (Wildman–Crippen MR) is 92.9 cm³/mol. The van der Waals surface area contributed by atoms with Crippen molar-refractivity contribution in [1.29, 1.82) is 0 Å². The maximum atomic E-state index is 9.48. The Morgan fingerprint density at radius 3 is 2.23 bits per heavy atom. The third-order valence-electron chi connectivity index (χ3n) is 4.36. The number of nitrogens with zero attached hydrogens (tertiary/aromatic N) is 2. The Hall–Kier alpha value is -1.35. The summed E-state index contributed by atoms with van der Waals surface area (Å²) in [7, 11) is 0. The van der Waals surface area contributed by atoms with Crippen LogP contribution in [0.25, 0.3) is 11.0 Å². The van der Waals surface area contributed by atoms with Gasteiger partial charge in [-0.25, -0.2) is 4.98 Å². The molecule has 0 radical (unpaired) electrons. The van der Waals surface area contributed by atoms with E-state index in [1.807, 2.05) is 18.2 Å². The van der Waals surface area contributed by atoms with Gasteiger partial charge in [0.05, 0.1) is 11.0 Å². The molecule has 22 heavy (non-hydrogen) atoms. The van der Waals surface area contributed by atoms with Crippen molar-refractivity contribution in [2.75, 3.05) is 0 Å². The summed E-state index contributed by atoms with van der Waals surface area (Å²) in [5, 5.41) is 9.48. The molecule has 1 aromatic carbocycles. The van der Waals surface area contributed by atoms with Crippen LogP contribution in [0.1, 0.15) is 70.5 Å². The van der Waals surface area contributed by atoms with Crippen molar-refractivity contribution in [3.05, 3.63) is 30.1 Å². The van der Waals surface area contributed by atoms with Crippen LogP contribution in [0, 0.1) is 0 Å². The van der Waals surface area contributed by atoms with Crippen LogP contribution in [-0.4, -0.2) is 14.7 Å². The fraction of sp³-hybridized carbons (Fsp3) is 0.632. The van der Waals surface area contributed by atoms with Crippen molar-refractivity contribution in [3.8, 4) is 0 Å². The molecule has 0 aliphatic carbocycles. The van der Waals surface area contributed by atoms with E-state index in [2.05, 4.69) is 22.5 Å². The van der Waals surface area contributed by atoms with Gasteiger partial charge in [-0.15, -0.1) is 0 Å². The van der Waals surface area contributed by atoms with Gasteiger partial charge in [-0.3, -0.25) is 0 Å². The molecule has 2 rings (SSSR count). The smallest absolute Gasteiger partial charge is 0.135 e. The molecule has 2 aromatic rings. The first-order valence-corrected chi connectivity index (χ1v) is 8.91. The number of hydrogen-bond acceptors (Lipinski definition) is 2. The van der Waals surface area contributed by atoms with Crippen LogP contribution < -0.4 is 0 Å². The molecule has 1 aromatic heterocycles. The number of rotatable bonds is 11. The van der Waals surface area contributed by atoms with Crippen LogP contribution in [0.5, 0.6) is 0 Å². The molecule has 1 heterocycles. The van der Waals surface area contributed by atoms with Crippen molar-refractivity contribution in [3.63, 3.8) is 0 Å². The van der Waals surface area contributed by atoms with E-state index in [-0.39, 0.29) is 6.61 Å². The average Bonchev–Trinajstić information content (AvgIpc) is 2.91. The van der Waals surface area contributed by atoms with Gasteiger partial charge in [-0.05, 0) is 18.6 Å². The first-order chi connectivity index (χ1) is 10.9. The van der Waals surface area contributed by atoms with Crippen molar-refractivity contribution < 1.29 is 5.11 Å². The number of hydrogen-bond donors (Lipinski definition) is 1. The fourth-order valence-electron chi connectivity index (χ4n) is 3.08. The maximum absolute atomic E-state index is 9.48. The Kier molecular flexibility index (Phi) is 7.44. The molecular weight excluding hydrogens is 272 g/mol. The summed E-state index contributed by atoms with van der Waals surface area (Å²) < 4.78 is 2.18. The summed E-state index contributed by atoms with van der Waals surface area (Å²) in [6.07, 6.45) is 12.0. The molecule has 3 nitrogen and oxygen atoms in total. The molecule has 0 unspecified atom stereocenters. The Balaban J connectivity index is 1.71. The molecule has 3 heteroatoms. The van der Waals surface area contributed by atoms with Crippen LogP contribution >= 0.6 is 0 Å². The highest BCUT2D eigenvalue weighted by Gasteiger charge is 2.08. The van der Waals surface area contributed by atoms with E-state index < -0.39 is 0 Å². The summed E-state index contributed by atoms with van der Waals surface area (Å²) >= 11 is 0. The molecule has 0 saturated carbocycles. The number of imidazole rings is 1. The number of aliphatic hydroxyl groups is 1. The Labute approximate surface area is 134 Å². The molecule has 1 N–H and O–H groups in total. The first kappa shape index (κ1) is 17.0. The van der Waals surface area contributed by atoms with Gasteiger partial charge in [-0.1, -0.05) is 70.4 Å². The van der Waals surface area contributed by atoms with Crippen molar-refractivity contribution in [2.24, 2.45) is 0 Å². The zero-order valence-corrected chi connectivity index (χ0v) is 13.9. The summed E-state index contributed by atoms with van der Waals surface area (Å²) in [6.45, 7) is 3.25. The largest absolute Gasteiger partial charge is 0.388 e. The number of fused-ring (bicyclic) bond motifs is 1. The molecule has 0 atom stereocenters. The van der Waals surface area contributed by atoms with E-state index in [1.165, 1.54) is 57.8 Å². The third-order valence-corrected chi connectivity index (χ3v) is 4.36. The molecule has 0 fully saturated rings. The van der Waals surface area contributed by atoms with Crippen molar-refractivity contribution >= 4 is 11.0 Å². The topological polar surface area (TPSA) is 38.0 Å². The van der Waals surface area contributed by atoms with Crippen molar-refractivity contribution in [1.82, 2.24) is 9.55 Å². The summed E-state index contributed by atoms with van der Waals surface area (Å²) in [6, 6.07) is 8.15. The number of aliphatic hydroxyl groups excluding tert-OH is 1. The van der Waals surface area contributed by atoms with Crippen LogP contribution in [0.4, 0.5) is 0 Å². The second-order valence-electron chi connectivity index (χ2n) is 6.15. The van der Waals surface area contributed by atoms with Crippen LogP contribution in [0.3, 0.4) is 0 Å². The van der Waals surface area contributed by atoms with E-state index in [1.54, 1.807) is 0 Å². The zero-order valence-electron chi connectivity index (χ0n) is 13.9. The number of aryl methyl sites for hydroxylation is 1. The third kappa shape index (κ3) is 4.84. The molecule has 0 amide bonds. The van der Waals surface area contributed by atoms with E-state index in [4.69, 9.17) is 0 Å². The Morgan fingerprint density at radius 2 is 1.55 bits per heavy atom. The predicted octanol–water partition coefficient (Wildman–Crippen LogP) is 5.06. The number of aromatic nitrogens is 2. The lowest BCUT2D eigenvalue weighted by Crippen LogP contribution is -2.04. The van der Waals surface area contributed by atoms with Gasteiger partial charge in [0, 0.05) is 6.54 Å². The SMILES string of the molecule is CCCCCCCCCCCn1c(CO)nc2ccccc21. The summed E-state index contributed by atoms with van der Waals surface area (Å²) in [5.74, 6) is 0.792. The fourth-order valence-corrected chi connectivity index (χ4v) is 3.08. The van der Waals surface area contributed by atoms with Gasteiger partial charge in [-0.2, -0.15) is 0 Å². The molecule has 122 valence electrons. The van der Waals surface area contributed by atoms with Gasteiger partial charge in [0.2, 0.25) is 0 Å². The number of para-hydroxylation sites is 2. The second kappa shape index (κ2) is 9.62. The van der Waals surface area contributed by atoms with E-state index in [0.717, 1.165) is 23.4 Å². The molecule has 0 saturated heterocycles. The van der Waals surface area contributed by atoms with Gasteiger partial charge in [0.25, 0.3) is 0 Å². The molecule has 0 bridgehead atoms. The zero-order chi connectivity index (χ0) is 15.6. The van der Waals surface area contributed by atoms with Crippen LogP contribution in [-0.2, 0) is 13.2 Å². The number of unbranched alkanes of at least 4 members (excludes halogenated alkanes) is 8. The van der Waals surface area contributed by atoms with Gasteiger partial charge in [0.1, 0.15) is 12.4 Å². The standard InChI is InChI=1S/C19H30N2O/c1-2-3-4-5-6-7-8-9-12-15-21-18-14-11-10-13-17(18)20-19(21)16-22/h10-11,13-14,22H,2-9,12,15-16H2,1H3. The summed E-state index contributed by atoms with van der Waals surface area (Å²) in [5.41, 5.74) is 2.13. The van der Waals surface area contributed by atoms with Crippen LogP contribution in [0.2, 0.25) is 0 Å². The number of benzene rings is 1. The van der Waals surface area contributed by atoms with Gasteiger partial charge < -0.3 is 9.67 Å².